The van der Waals surface area contributed by atoms with Crippen molar-refractivity contribution in [1.29, 1.82) is 0 Å². The van der Waals surface area contributed by atoms with E-state index >= 15 is 0 Å². The first-order valence-electron chi connectivity index (χ1n) is 3.80. The smallest absolute Gasteiger partial charge is 0.0583 e. The predicted octanol–water partition coefficient (Wildman–Crippen LogP) is 0.198. The van der Waals surface area contributed by atoms with E-state index in [0.717, 1.165) is 13.0 Å². The van der Waals surface area contributed by atoms with Crippen molar-refractivity contribution in [3.63, 3.8) is 0 Å². The summed E-state index contributed by atoms with van der Waals surface area (Å²) in [5.74, 6) is 0. The van der Waals surface area contributed by atoms with Crippen LogP contribution in [-0.2, 0) is 6.54 Å². The van der Waals surface area contributed by atoms with Crippen LogP contribution in [0.25, 0.3) is 0 Å². The molecule has 0 radical (unpaired) electrons. The highest BCUT2D eigenvalue weighted by atomic mass is 16.3. The molecule has 3 heteroatoms. The van der Waals surface area contributed by atoms with E-state index in [0.29, 0.717) is 0 Å². The van der Waals surface area contributed by atoms with Gasteiger partial charge in [0.2, 0.25) is 0 Å². The van der Waals surface area contributed by atoms with E-state index in [4.69, 9.17) is 10.8 Å². The third-order valence-electron chi connectivity index (χ3n) is 1.66. The fourth-order valence-corrected chi connectivity index (χ4v) is 0.925. The predicted molar refractivity (Wildman–Crippen MR) is 44.1 cm³/mol. The Morgan fingerprint density at radius 2 is 2.00 bits per heavy atom. The van der Waals surface area contributed by atoms with Gasteiger partial charge in [0, 0.05) is 25.0 Å². The molecule has 0 spiro atoms. The van der Waals surface area contributed by atoms with Crippen LogP contribution in [0.5, 0.6) is 0 Å². The average molecular weight is 154 g/mol. The third kappa shape index (κ3) is 2.74. The number of hydrogen-bond acceptors (Lipinski definition) is 2. The van der Waals surface area contributed by atoms with Gasteiger partial charge in [0.05, 0.1) is 6.61 Å². The van der Waals surface area contributed by atoms with Crippen molar-refractivity contribution in [2.45, 2.75) is 19.0 Å². The Bertz CT molecular complexity index is 184. The number of nitrogens with zero attached hydrogens (tertiary/aromatic N) is 1. The summed E-state index contributed by atoms with van der Waals surface area (Å²) in [7, 11) is 0. The minimum atomic E-state index is -0.0857. The van der Waals surface area contributed by atoms with Crippen LogP contribution in [-0.4, -0.2) is 22.3 Å². The molecule has 0 aliphatic carbocycles. The van der Waals surface area contributed by atoms with Crippen LogP contribution in [0.4, 0.5) is 0 Å². The van der Waals surface area contributed by atoms with Gasteiger partial charge in [-0.1, -0.05) is 0 Å². The molecular weight excluding hydrogens is 140 g/mol. The van der Waals surface area contributed by atoms with Gasteiger partial charge in [-0.2, -0.15) is 0 Å². The molecule has 1 rings (SSSR count). The molecule has 1 aromatic heterocycles. The Morgan fingerprint density at radius 3 is 2.55 bits per heavy atom. The summed E-state index contributed by atoms with van der Waals surface area (Å²) >= 11 is 0. The molecule has 1 unspecified atom stereocenters. The summed E-state index contributed by atoms with van der Waals surface area (Å²) in [5.41, 5.74) is 5.53. The molecule has 62 valence electrons. The molecule has 0 aromatic carbocycles. The first kappa shape index (κ1) is 8.30. The van der Waals surface area contributed by atoms with Crippen molar-refractivity contribution < 1.29 is 5.11 Å². The van der Waals surface area contributed by atoms with Gasteiger partial charge >= 0.3 is 0 Å². The Morgan fingerprint density at radius 1 is 1.36 bits per heavy atom. The maximum absolute atomic E-state index is 8.63. The molecule has 3 nitrogen and oxygen atoms in total. The maximum atomic E-state index is 8.63. The van der Waals surface area contributed by atoms with E-state index in [9.17, 15) is 0 Å². The number of aryl methyl sites for hydroxylation is 1. The molecular formula is C8H14N2O. The first-order chi connectivity index (χ1) is 5.33. The van der Waals surface area contributed by atoms with Crippen molar-refractivity contribution in [3.8, 4) is 0 Å². The van der Waals surface area contributed by atoms with Crippen LogP contribution >= 0.6 is 0 Å². The van der Waals surface area contributed by atoms with Gasteiger partial charge in [-0.15, -0.1) is 0 Å². The first-order valence-corrected chi connectivity index (χ1v) is 3.80. The molecule has 0 bridgehead atoms. The van der Waals surface area contributed by atoms with Crippen molar-refractivity contribution in [2.24, 2.45) is 5.73 Å². The minimum absolute atomic E-state index is 0.0707. The van der Waals surface area contributed by atoms with Crippen LogP contribution in [0.15, 0.2) is 24.5 Å². The van der Waals surface area contributed by atoms with Gasteiger partial charge < -0.3 is 15.4 Å². The highest BCUT2D eigenvalue weighted by molar-refractivity contribution is 4.90. The lowest BCUT2D eigenvalue weighted by molar-refractivity contribution is 0.256. The second-order valence-corrected chi connectivity index (χ2v) is 2.65. The normalized spacial score (nSPS) is 13.3. The summed E-state index contributed by atoms with van der Waals surface area (Å²) in [6, 6.07) is 3.87. The highest BCUT2D eigenvalue weighted by Gasteiger charge is 1.98. The molecule has 0 saturated carbocycles. The molecule has 0 saturated heterocycles. The molecule has 1 atom stereocenters. The van der Waals surface area contributed by atoms with E-state index in [1.165, 1.54) is 0 Å². The van der Waals surface area contributed by atoms with E-state index in [2.05, 4.69) is 4.57 Å². The lowest BCUT2D eigenvalue weighted by Crippen LogP contribution is -2.25. The van der Waals surface area contributed by atoms with Crippen LogP contribution in [0.3, 0.4) is 0 Å². The molecule has 11 heavy (non-hydrogen) atoms. The van der Waals surface area contributed by atoms with Crippen LogP contribution in [0.1, 0.15) is 6.42 Å². The zero-order valence-electron chi connectivity index (χ0n) is 6.48. The molecule has 0 aliphatic heterocycles. The number of aromatic nitrogens is 1. The summed E-state index contributed by atoms with van der Waals surface area (Å²) < 4.78 is 2.05. The van der Waals surface area contributed by atoms with Crippen molar-refractivity contribution in [2.75, 3.05) is 6.61 Å². The topological polar surface area (TPSA) is 51.2 Å². The molecule has 3 N–H and O–H groups in total. The van der Waals surface area contributed by atoms with Crippen LogP contribution in [0, 0.1) is 0 Å². The van der Waals surface area contributed by atoms with Gasteiger partial charge in [-0.25, -0.2) is 0 Å². The van der Waals surface area contributed by atoms with Crippen molar-refractivity contribution in [3.05, 3.63) is 24.5 Å². The van der Waals surface area contributed by atoms with Gasteiger partial charge in [-0.05, 0) is 18.6 Å². The molecule has 0 aliphatic rings. The fraction of sp³-hybridized carbons (Fsp3) is 0.500. The molecule has 0 amide bonds. The van der Waals surface area contributed by atoms with Gasteiger partial charge in [0.25, 0.3) is 0 Å². The summed E-state index contributed by atoms with van der Waals surface area (Å²) in [6.45, 7) is 0.954. The van der Waals surface area contributed by atoms with E-state index in [1.807, 2.05) is 24.5 Å². The quantitative estimate of drug-likeness (QED) is 0.650. The fourth-order valence-electron chi connectivity index (χ4n) is 0.925. The Kier molecular flexibility index (Phi) is 3.14. The third-order valence-corrected chi connectivity index (χ3v) is 1.66. The highest BCUT2D eigenvalue weighted by Crippen LogP contribution is 1.95. The number of nitrogens with two attached hydrogens (primary N) is 1. The summed E-state index contributed by atoms with van der Waals surface area (Å²) in [5, 5.41) is 8.63. The number of hydrogen-bond donors (Lipinski definition) is 2. The van der Waals surface area contributed by atoms with E-state index in [-0.39, 0.29) is 12.6 Å². The largest absolute Gasteiger partial charge is 0.395 e. The Labute approximate surface area is 66.4 Å². The number of aliphatic hydroxyl groups is 1. The summed E-state index contributed by atoms with van der Waals surface area (Å²) in [4.78, 5) is 0. The van der Waals surface area contributed by atoms with Crippen LogP contribution < -0.4 is 5.73 Å². The molecule has 0 fully saturated rings. The Hall–Kier alpha value is -0.800. The molecule has 1 heterocycles. The van der Waals surface area contributed by atoms with Gasteiger partial charge in [-0.3, -0.25) is 0 Å². The van der Waals surface area contributed by atoms with Crippen LogP contribution in [0.2, 0.25) is 0 Å². The number of aliphatic hydroxyl groups excluding tert-OH is 1. The van der Waals surface area contributed by atoms with Gasteiger partial charge in [0.1, 0.15) is 0 Å². The lowest BCUT2D eigenvalue weighted by Gasteiger charge is -2.07. The Balaban J connectivity index is 2.23. The maximum Gasteiger partial charge on any atom is 0.0583 e. The zero-order valence-corrected chi connectivity index (χ0v) is 6.48. The second-order valence-electron chi connectivity index (χ2n) is 2.65. The SMILES string of the molecule is NC(CO)CCn1cccc1. The molecule has 1 aromatic rings. The van der Waals surface area contributed by atoms with E-state index in [1.54, 1.807) is 0 Å². The second kappa shape index (κ2) is 4.16. The lowest BCUT2D eigenvalue weighted by atomic mass is 10.2. The number of rotatable bonds is 4. The minimum Gasteiger partial charge on any atom is -0.395 e. The zero-order chi connectivity index (χ0) is 8.10. The van der Waals surface area contributed by atoms with Crippen molar-refractivity contribution in [1.82, 2.24) is 4.57 Å². The van der Waals surface area contributed by atoms with E-state index < -0.39 is 0 Å². The van der Waals surface area contributed by atoms with Crippen molar-refractivity contribution >= 4 is 0 Å². The average Bonchev–Trinajstić information content (AvgIpc) is 2.52. The summed E-state index contributed by atoms with van der Waals surface area (Å²) in [6.07, 6.45) is 4.80. The standard InChI is InChI=1S/C8H14N2O/c9-8(7-11)3-6-10-4-1-2-5-10/h1-2,4-5,8,11H,3,6-7,9H2. The monoisotopic (exact) mass is 154 g/mol. The van der Waals surface area contributed by atoms with Gasteiger partial charge in [0.15, 0.2) is 0 Å².